The number of benzene rings is 1. The van der Waals surface area contributed by atoms with E-state index in [0.717, 1.165) is 29.7 Å². The van der Waals surface area contributed by atoms with Crippen LogP contribution in [0, 0.1) is 0 Å². The van der Waals surface area contributed by atoms with E-state index in [4.69, 9.17) is 4.74 Å². The van der Waals surface area contributed by atoms with Gasteiger partial charge in [0.25, 0.3) is 5.91 Å². The van der Waals surface area contributed by atoms with Crippen LogP contribution in [0.1, 0.15) is 34.7 Å². The second-order valence-electron chi connectivity index (χ2n) is 4.56. The summed E-state index contributed by atoms with van der Waals surface area (Å²) in [5.41, 5.74) is 1.87. The van der Waals surface area contributed by atoms with E-state index in [-0.39, 0.29) is 11.9 Å². The summed E-state index contributed by atoms with van der Waals surface area (Å²) in [5, 5.41) is 3.08. The summed E-state index contributed by atoms with van der Waals surface area (Å²) in [6.07, 6.45) is 6.46. The van der Waals surface area contributed by atoms with Gasteiger partial charge in [0, 0.05) is 17.5 Å². The summed E-state index contributed by atoms with van der Waals surface area (Å²) in [7, 11) is 1.65. The zero-order chi connectivity index (χ0) is 11.8. The number of ether oxygens (including phenoxy) is 1. The Morgan fingerprint density at radius 3 is 3.12 bits per heavy atom. The van der Waals surface area contributed by atoms with Crippen LogP contribution in [0.4, 0.5) is 0 Å². The molecule has 3 heteroatoms. The van der Waals surface area contributed by atoms with Gasteiger partial charge in [-0.3, -0.25) is 4.79 Å². The number of carbonyl (C=O) groups is 1. The predicted molar refractivity (Wildman–Crippen MR) is 65.4 cm³/mol. The van der Waals surface area contributed by atoms with Gasteiger partial charge in [-0.15, -0.1) is 0 Å². The van der Waals surface area contributed by atoms with Crippen molar-refractivity contribution < 1.29 is 9.53 Å². The zero-order valence-corrected chi connectivity index (χ0v) is 9.77. The Hall–Kier alpha value is -1.77. The summed E-state index contributed by atoms with van der Waals surface area (Å²) in [5.74, 6) is 1.15. The van der Waals surface area contributed by atoms with Crippen molar-refractivity contribution in [2.45, 2.75) is 24.8 Å². The van der Waals surface area contributed by atoms with Crippen LogP contribution in [-0.4, -0.2) is 19.1 Å². The molecule has 1 heterocycles. The molecule has 0 bridgehead atoms. The monoisotopic (exact) mass is 229 g/mol. The highest BCUT2D eigenvalue weighted by Crippen LogP contribution is 2.35. The van der Waals surface area contributed by atoms with Gasteiger partial charge >= 0.3 is 0 Å². The summed E-state index contributed by atoms with van der Waals surface area (Å²) >= 11 is 0. The molecule has 88 valence electrons. The third kappa shape index (κ3) is 1.62. The number of rotatable bonds is 1. The molecule has 1 aromatic rings. The second-order valence-corrected chi connectivity index (χ2v) is 4.56. The highest BCUT2D eigenvalue weighted by atomic mass is 16.5. The van der Waals surface area contributed by atoms with Gasteiger partial charge in [0.2, 0.25) is 0 Å². The summed E-state index contributed by atoms with van der Waals surface area (Å²) in [4.78, 5) is 12.0. The molecule has 1 N–H and O–H groups in total. The lowest BCUT2D eigenvalue weighted by Gasteiger charge is -2.34. The number of hydrogen-bond acceptors (Lipinski definition) is 2. The zero-order valence-electron chi connectivity index (χ0n) is 9.77. The number of amides is 1. The molecule has 1 aliphatic heterocycles. The number of methoxy groups -OCH3 is 1. The molecule has 0 fully saturated rings. The van der Waals surface area contributed by atoms with Crippen molar-refractivity contribution in [1.29, 1.82) is 0 Å². The van der Waals surface area contributed by atoms with E-state index >= 15 is 0 Å². The Morgan fingerprint density at radius 1 is 1.41 bits per heavy atom. The van der Waals surface area contributed by atoms with Crippen molar-refractivity contribution in [2.24, 2.45) is 0 Å². The first kappa shape index (κ1) is 10.4. The van der Waals surface area contributed by atoms with Crippen LogP contribution in [0.15, 0.2) is 30.4 Å². The second kappa shape index (κ2) is 3.91. The van der Waals surface area contributed by atoms with Crippen LogP contribution in [-0.2, 0) is 0 Å². The van der Waals surface area contributed by atoms with E-state index in [1.165, 1.54) is 0 Å². The lowest BCUT2D eigenvalue weighted by Crippen LogP contribution is -2.44. The van der Waals surface area contributed by atoms with E-state index in [1.54, 1.807) is 7.11 Å². The first-order valence-corrected chi connectivity index (χ1v) is 5.95. The smallest absolute Gasteiger partial charge is 0.251 e. The van der Waals surface area contributed by atoms with Gasteiger partial charge < -0.3 is 10.1 Å². The summed E-state index contributed by atoms with van der Waals surface area (Å²) < 4.78 is 5.24. The molecule has 0 saturated heterocycles. The largest absolute Gasteiger partial charge is 0.497 e. The number of carbonyl (C=O) groups excluding carboxylic acids is 1. The minimum atomic E-state index is 0.0409. The van der Waals surface area contributed by atoms with Crippen molar-refractivity contribution in [3.63, 3.8) is 0 Å². The fourth-order valence-electron chi connectivity index (χ4n) is 2.71. The molecule has 0 aromatic heterocycles. The SMILES string of the molecule is COc1ccc2c(c1)[C@H]1C=CCC[C@@H]1NC2=O. The maximum atomic E-state index is 12.0. The average Bonchev–Trinajstić information content (AvgIpc) is 2.38. The molecule has 2 atom stereocenters. The van der Waals surface area contributed by atoms with Crippen molar-refractivity contribution in [1.82, 2.24) is 5.32 Å². The molecule has 0 radical (unpaired) electrons. The topological polar surface area (TPSA) is 38.3 Å². The van der Waals surface area contributed by atoms with Gasteiger partial charge in [0.05, 0.1) is 7.11 Å². The molecule has 2 aliphatic rings. The molecule has 1 aromatic carbocycles. The normalized spacial score (nSPS) is 25.8. The Balaban J connectivity index is 2.12. The maximum absolute atomic E-state index is 12.0. The molecule has 0 unspecified atom stereocenters. The van der Waals surface area contributed by atoms with Gasteiger partial charge in [-0.2, -0.15) is 0 Å². The van der Waals surface area contributed by atoms with Crippen molar-refractivity contribution in [3.05, 3.63) is 41.5 Å². The Kier molecular flexibility index (Phi) is 2.39. The van der Waals surface area contributed by atoms with Crippen LogP contribution in [0.2, 0.25) is 0 Å². The molecular weight excluding hydrogens is 214 g/mol. The lowest BCUT2D eigenvalue weighted by atomic mass is 9.79. The van der Waals surface area contributed by atoms with Crippen molar-refractivity contribution in [2.75, 3.05) is 7.11 Å². The molecule has 1 aliphatic carbocycles. The highest BCUT2D eigenvalue weighted by Gasteiger charge is 2.33. The fourth-order valence-corrected chi connectivity index (χ4v) is 2.71. The first-order chi connectivity index (χ1) is 8.29. The van der Waals surface area contributed by atoms with E-state index in [9.17, 15) is 4.79 Å². The van der Waals surface area contributed by atoms with E-state index < -0.39 is 0 Å². The average molecular weight is 229 g/mol. The molecule has 0 saturated carbocycles. The quantitative estimate of drug-likeness (QED) is 0.750. The van der Waals surface area contributed by atoms with E-state index in [0.29, 0.717) is 5.92 Å². The summed E-state index contributed by atoms with van der Waals surface area (Å²) in [6, 6.07) is 5.92. The minimum Gasteiger partial charge on any atom is -0.497 e. The third-order valence-corrected chi connectivity index (χ3v) is 3.60. The van der Waals surface area contributed by atoms with Crippen molar-refractivity contribution >= 4 is 5.91 Å². The number of fused-ring (bicyclic) bond motifs is 3. The number of nitrogens with one attached hydrogen (secondary N) is 1. The number of hydrogen-bond donors (Lipinski definition) is 1. The van der Waals surface area contributed by atoms with Crippen LogP contribution >= 0.6 is 0 Å². The molecular formula is C14H15NO2. The minimum absolute atomic E-state index is 0.0409. The number of allylic oxidation sites excluding steroid dienone is 1. The van der Waals surface area contributed by atoms with Gasteiger partial charge in [0.15, 0.2) is 0 Å². The molecule has 0 spiro atoms. The van der Waals surface area contributed by atoms with Gasteiger partial charge in [-0.25, -0.2) is 0 Å². The Morgan fingerprint density at radius 2 is 2.29 bits per heavy atom. The standard InChI is InChI=1S/C14H15NO2/c1-17-9-6-7-11-12(8-9)10-4-2-3-5-13(10)15-14(11)16/h2,4,6-8,10,13H,3,5H2,1H3,(H,15,16)/t10-,13+/m1/s1. The van der Waals surface area contributed by atoms with Crippen LogP contribution in [0.3, 0.4) is 0 Å². The maximum Gasteiger partial charge on any atom is 0.251 e. The van der Waals surface area contributed by atoms with Crippen LogP contribution in [0.25, 0.3) is 0 Å². The van der Waals surface area contributed by atoms with Crippen LogP contribution in [0.5, 0.6) is 5.75 Å². The first-order valence-electron chi connectivity index (χ1n) is 5.95. The van der Waals surface area contributed by atoms with Crippen molar-refractivity contribution in [3.8, 4) is 5.75 Å². The molecule has 17 heavy (non-hydrogen) atoms. The molecule has 1 amide bonds. The lowest BCUT2D eigenvalue weighted by molar-refractivity contribution is 0.0916. The van der Waals surface area contributed by atoms with Gasteiger partial charge in [-0.05, 0) is 36.6 Å². The Bertz CT molecular complexity index is 493. The highest BCUT2D eigenvalue weighted by molar-refractivity contribution is 5.97. The third-order valence-electron chi connectivity index (χ3n) is 3.60. The van der Waals surface area contributed by atoms with Gasteiger partial charge in [-0.1, -0.05) is 12.2 Å². The summed E-state index contributed by atoms with van der Waals surface area (Å²) in [6.45, 7) is 0. The predicted octanol–water partition coefficient (Wildman–Crippen LogP) is 2.24. The fraction of sp³-hybridized carbons (Fsp3) is 0.357. The van der Waals surface area contributed by atoms with Gasteiger partial charge in [0.1, 0.15) is 5.75 Å². The van der Waals surface area contributed by atoms with E-state index in [1.807, 2.05) is 18.2 Å². The molecule has 3 nitrogen and oxygen atoms in total. The van der Waals surface area contributed by atoms with E-state index in [2.05, 4.69) is 17.5 Å². The van der Waals surface area contributed by atoms with Crippen LogP contribution < -0.4 is 10.1 Å². The molecule has 3 rings (SSSR count). The Labute approximate surface area is 100 Å².